The first kappa shape index (κ1) is 17.8. The van der Waals surface area contributed by atoms with Gasteiger partial charge < -0.3 is 10.1 Å². The van der Waals surface area contributed by atoms with E-state index in [-0.39, 0.29) is 11.7 Å². The fourth-order valence-electron chi connectivity index (χ4n) is 2.12. The number of hydrogen-bond donors (Lipinski definition) is 1. The molecule has 0 atom stereocenters. The van der Waals surface area contributed by atoms with E-state index in [1.807, 2.05) is 0 Å². The summed E-state index contributed by atoms with van der Waals surface area (Å²) in [5.41, 5.74) is 1.21. The molecule has 0 spiro atoms. The molecule has 1 N–H and O–H groups in total. The van der Waals surface area contributed by atoms with Gasteiger partial charge in [-0.3, -0.25) is 4.79 Å². The molecule has 8 heteroatoms. The number of rotatable bonds is 3. The molecule has 0 aromatic heterocycles. The Hall–Kier alpha value is -2.02. The first-order chi connectivity index (χ1) is 12.0. The Bertz CT molecular complexity index is 875. The van der Waals surface area contributed by atoms with Gasteiger partial charge in [0, 0.05) is 0 Å². The molecule has 0 aliphatic carbocycles. The number of nitrogens with one attached hydrogen (secondary N) is 1. The van der Waals surface area contributed by atoms with Crippen molar-refractivity contribution in [2.24, 2.45) is 4.99 Å². The summed E-state index contributed by atoms with van der Waals surface area (Å²) < 4.78 is 18.0. The Kier molecular flexibility index (Phi) is 5.32. The smallest absolute Gasteiger partial charge is 0.264 e. The number of carbonyl (C=O) groups is 1. The fourth-order valence-corrected chi connectivity index (χ4v) is 3.62. The van der Waals surface area contributed by atoms with Crippen LogP contribution in [0.25, 0.3) is 6.08 Å². The standard InChI is InChI=1S/C17H11Cl2FN2O2S/c1-24-15-12(18)6-9(7-13(15)19)8-14-16(23)22-17(25-14)21-11-4-2-10(20)3-5-11/h2-8H,1H3,(H,21,22,23)/b14-8+. The third-order valence-electron chi connectivity index (χ3n) is 3.23. The molecule has 1 fully saturated rings. The zero-order valence-electron chi connectivity index (χ0n) is 12.8. The second kappa shape index (κ2) is 7.47. The summed E-state index contributed by atoms with van der Waals surface area (Å²) in [5.74, 6) is -0.248. The van der Waals surface area contributed by atoms with Gasteiger partial charge in [-0.2, -0.15) is 0 Å². The highest BCUT2D eigenvalue weighted by Crippen LogP contribution is 2.36. The van der Waals surface area contributed by atoms with Gasteiger partial charge in [-0.05, 0) is 59.8 Å². The average Bonchev–Trinajstić information content (AvgIpc) is 2.89. The number of amidine groups is 1. The van der Waals surface area contributed by atoms with Gasteiger partial charge in [0.1, 0.15) is 5.82 Å². The second-order valence-electron chi connectivity index (χ2n) is 4.98. The number of amides is 1. The highest BCUT2D eigenvalue weighted by Gasteiger charge is 2.24. The molecule has 1 heterocycles. The summed E-state index contributed by atoms with van der Waals surface area (Å²) in [6.45, 7) is 0. The van der Waals surface area contributed by atoms with Crippen LogP contribution in [0.5, 0.6) is 5.75 Å². The molecule has 0 bridgehead atoms. The summed E-state index contributed by atoms with van der Waals surface area (Å²) in [6.07, 6.45) is 1.66. The van der Waals surface area contributed by atoms with Gasteiger partial charge in [-0.1, -0.05) is 23.2 Å². The van der Waals surface area contributed by atoms with Crippen molar-refractivity contribution in [2.45, 2.75) is 0 Å². The molecule has 2 aromatic rings. The monoisotopic (exact) mass is 396 g/mol. The van der Waals surface area contributed by atoms with E-state index in [2.05, 4.69) is 10.3 Å². The van der Waals surface area contributed by atoms with Crippen molar-refractivity contribution in [3.05, 3.63) is 62.7 Å². The molecular weight excluding hydrogens is 386 g/mol. The third kappa shape index (κ3) is 4.15. The maximum absolute atomic E-state index is 12.9. The second-order valence-corrected chi connectivity index (χ2v) is 6.82. The fraction of sp³-hybridized carbons (Fsp3) is 0.0588. The molecule has 1 aliphatic heterocycles. The number of ether oxygens (including phenoxy) is 1. The van der Waals surface area contributed by atoms with Crippen molar-refractivity contribution < 1.29 is 13.9 Å². The van der Waals surface area contributed by atoms with Gasteiger partial charge in [0.15, 0.2) is 10.9 Å². The van der Waals surface area contributed by atoms with Crippen LogP contribution in [0.15, 0.2) is 46.3 Å². The maximum Gasteiger partial charge on any atom is 0.264 e. The molecule has 1 amide bonds. The van der Waals surface area contributed by atoms with Gasteiger partial charge in [-0.25, -0.2) is 9.38 Å². The number of hydrogen-bond acceptors (Lipinski definition) is 4. The lowest BCUT2D eigenvalue weighted by Gasteiger charge is -2.06. The number of nitrogens with zero attached hydrogens (tertiary/aromatic N) is 1. The molecule has 0 unspecified atom stereocenters. The van der Waals surface area contributed by atoms with Crippen LogP contribution in [0.1, 0.15) is 5.56 Å². The quantitative estimate of drug-likeness (QED) is 0.739. The van der Waals surface area contributed by atoms with E-state index in [4.69, 9.17) is 27.9 Å². The van der Waals surface area contributed by atoms with Crippen LogP contribution in [0.4, 0.5) is 10.1 Å². The zero-order chi connectivity index (χ0) is 18.0. The molecule has 0 radical (unpaired) electrons. The van der Waals surface area contributed by atoms with Crippen molar-refractivity contribution in [1.29, 1.82) is 0 Å². The predicted molar refractivity (Wildman–Crippen MR) is 100 cm³/mol. The minimum Gasteiger partial charge on any atom is -0.494 e. The van der Waals surface area contributed by atoms with Gasteiger partial charge in [0.2, 0.25) is 0 Å². The Balaban J connectivity index is 1.85. The van der Waals surface area contributed by atoms with Crippen LogP contribution in [0.3, 0.4) is 0 Å². The largest absolute Gasteiger partial charge is 0.494 e. The van der Waals surface area contributed by atoms with Crippen molar-refractivity contribution in [1.82, 2.24) is 5.32 Å². The molecule has 25 heavy (non-hydrogen) atoms. The normalized spacial score (nSPS) is 17.2. The molecule has 1 aliphatic rings. The van der Waals surface area contributed by atoms with Crippen molar-refractivity contribution in [3.63, 3.8) is 0 Å². The van der Waals surface area contributed by atoms with Crippen molar-refractivity contribution in [2.75, 3.05) is 7.11 Å². The third-order valence-corrected chi connectivity index (χ3v) is 4.70. The number of carbonyl (C=O) groups excluding carboxylic acids is 1. The highest BCUT2D eigenvalue weighted by atomic mass is 35.5. The Labute approximate surface area is 157 Å². The number of halogens is 3. The molecule has 128 valence electrons. The lowest BCUT2D eigenvalue weighted by molar-refractivity contribution is -0.115. The van der Waals surface area contributed by atoms with Crippen LogP contribution in [0, 0.1) is 5.82 Å². The Morgan fingerprint density at radius 1 is 1.20 bits per heavy atom. The lowest BCUT2D eigenvalue weighted by Crippen LogP contribution is -2.19. The van der Waals surface area contributed by atoms with E-state index in [9.17, 15) is 9.18 Å². The number of thioether (sulfide) groups is 1. The number of aliphatic imine (C=N–C) groups is 1. The van der Waals surface area contributed by atoms with Gasteiger partial charge in [0.05, 0.1) is 27.7 Å². The summed E-state index contributed by atoms with van der Waals surface area (Å²) >= 11 is 13.4. The Morgan fingerprint density at radius 3 is 2.44 bits per heavy atom. The molecule has 4 nitrogen and oxygen atoms in total. The van der Waals surface area contributed by atoms with E-state index >= 15 is 0 Å². The van der Waals surface area contributed by atoms with Crippen molar-refractivity contribution >= 4 is 57.8 Å². The SMILES string of the molecule is COc1c(Cl)cc(/C=C2/SC(=Nc3ccc(F)cc3)NC2=O)cc1Cl. The van der Waals surface area contributed by atoms with Crippen LogP contribution in [-0.2, 0) is 4.79 Å². The van der Waals surface area contributed by atoms with Crippen LogP contribution < -0.4 is 10.1 Å². The van der Waals surface area contributed by atoms with E-state index < -0.39 is 0 Å². The van der Waals surface area contributed by atoms with Gasteiger partial charge in [0.25, 0.3) is 5.91 Å². The topological polar surface area (TPSA) is 50.7 Å². The first-order valence-corrected chi connectivity index (χ1v) is 8.61. The minimum absolute atomic E-state index is 0.283. The van der Waals surface area contributed by atoms with Crippen molar-refractivity contribution in [3.8, 4) is 5.75 Å². The highest BCUT2D eigenvalue weighted by molar-refractivity contribution is 8.18. The lowest BCUT2D eigenvalue weighted by atomic mass is 10.2. The minimum atomic E-state index is -0.346. The summed E-state index contributed by atoms with van der Waals surface area (Å²) in [5, 5.41) is 3.78. The van der Waals surface area contributed by atoms with E-state index in [1.54, 1.807) is 18.2 Å². The molecular formula is C17H11Cl2FN2O2S. The van der Waals surface area contributed by atoms with E-state index in [0.29, 0.717) is 37.1 Å². The number of methoxy groups -OCH3 is 1. The average molecular weight is 397 g/mol. The van der Waals surface area contributed by atoms with Gasteiger partial charge >= 0.3 is 0 Å². The summed E-state index contributed by atoms with van der Waals surface area (Å²) in [4.78, 5) is 16.8. The molecule has 0 saturated carbocycles. The van der Waals surface area contributed by atoms with E-state index in [0.717, 1.165) is 0 Å². The van der Waals surface area contributed by atoms with Gasteiger partial charge in [-0.15, -0.1) is 0 Å². The summed E-state index contributed by atoms with van der Waals surface area (Å²) in [7, 11) is 1.48. The van der Waals surface area contributed by atoms with E-state index in [1.165, 1.54) is 43.1 Å². The van der Waals surface area contributed by atoms with Crippen LogP contribution >= 0.6 is 35.0 Å². The summed E-state index contributed by atoms with van der Waals surface area (Å²) in [6, 6.07) is 8.97. The Morgan fingerprint density at radius 2 is 1.84 bits per heavy atom. The molecule has 2 aromatic carbocycles. The molecule has 3 rings (SSSR count). The maximum atomic E-state index is 12.9. The predicted octanol–water partition coefficient (Wildman–Crippen LogP) is 5.03. The molecule has 1 saturated heterocycles. The zero-order valence-corrected chi connectivity index (χ0v) is 15.2. The number of benzene rings is 2. The van der Waals surface area contributed by atoms with Crippen LogP contribution in [-0.4, -0.2) is 18.2 Å². The van der Waals surface area contributed by atoms with Crippen LogP contribution in [0.2, 0.25) is 10.0 Å². The first-order valence-electron chi connectivity index (χ1n) is 7.04.